The lowest BCUT2D eigenvalue weighted by molar-refractivity contribution is 2.03. The molecule has 0 saturated carbocycles. The summed E-state index contributed by atoms with van der Waals surface area (Å²) in [6, 6.07) is 3.95. The summed E-state index contributed by atoms with van der Waals surface area (Å²) in [5, 5.41) is 6.65. The summed E-state index contributed by atoms with van der Waals surface area (Å²) in [5.74, 6) is 0. The SMILES string of the molecule is C#C[s+]1cccc1. The van der Waals surface area contributed by atoms with E-state index in [4.69, 9.17) is 6.42 Å². The van der Waals surface area contributed by atoms with E-state index < -0.39 is 0 Å². The molecule has 0 radical (unpaired) electrons. The highest BCUT2D eigenvalue weighted by molar-refractivity contribution is 7.34. The number of rotatable bonds is 0. The van der Waals surface area contributed by atoms with Gasteiger partial charge < -0.3 is 0 Å². The predicted octanol–water partition coefficient (Wildman–Crippen LogP) is 1.87. The minimum atomic E-state index is 0.0324. The van der Waals surface area contributed by atoms with Crippen LogP contribution in [0.5, 0.6) is 0 Å². The number of thiophene rings is 1. The molecule has 0 aliphatic carbocycles. The molecule has 0 spiro atoms. The Morgan fingerprint density at radius 3 is 2.14 bits per heavy atom. The van der Waals surface area contributed by atoms with Gasteiger partial charge in [-0.3, -0.25) is 0 Å². The first-order valence-corrected chi connectivity index (χ1v) is 3.32. The van der Waals surface area contributed by atoms with Crippen LogP contribution in [-0.4, -0.2) is 0 Å². The van der Waals surface area contributed by atoms with E-state index in [9.17, 15) is 0 Å². The van der Waals surface area contributed by atoms with Crippen LogP contribution in [0.25, 0.3) is 0 Å². The molecule has 0 aromatic carbocycles. The molecule has 1 aromatic rings. The summed E-state index contributed by atoms with van der Waals surface area (Å²) in [6.07, 6.45) is 5.09. The zero-order valence-corrected chi connectivity index (χ0v) is 4.61. The molecule has 0 amide bonds. The lowest BCUT2D eigenvalue weighted by atomic mass is 10.7. The van der Waals surface area contributed by atoms with Crippen LogP contribution in [0.15, 0.2) is 22.9 Å². The summed E-state index contributed by atoms with van der Waals surface area (Å²) in [7, 11) is 0.0324. The Balaban J connectivity index is 3.04. The zero-order chi connectivity index (χ0) is 5.11. The lowest BCUT2D eigenvalue weighted by Gasteiger charge is -1.54. The Hall–Kier alpha value is -0.740. The molecule has 0 bridgehead atoms. The van der Waals surface area contributed by atoms with Gasteiger partial charge in [-0.1, -0.05) is 6.42 Å². The van der Waals surface area contributed by atoms with Crippen molar-refractivity contribution in [2.45, 2.75) is 0 Å². The second-order valence-corrected chi connectivity index (χ2v) is 2.67. The highest BCUT2D eigenvalue weighted by Gasteiger charge is 1.90. The molecule has 1 rings (SSSR count). The fourth-order valence-electron chi connectivity index (χ4n) is 0.384. The van der Waals surface area contributed by atoms with E-state index in [0.717, 1.165) is 0 Å². The zero-order valence-electron chi connectivity index (χ0n) is 3.79. The van der Waals surface area contributed by atoms with E-state index in [1.807, 2.05) is 22.9 Å². The van der Waals surface area contributed by atoms with Gasteiger partial charge in [0.05, 0.1) is 10.5 Å². The van der Waals surface area contributed by atoms with Gasteiger partial charge in [0.2, 0.25) is 0 Å². The minimum Gasteiger partial charge on any atom is -0.0572 e. The van der Waals surface area contributed by atoms with E-state index in [0.29, 0.717) is 0 Å². The summed E-state index contributed by atoms with van der Waals surface area (Å²) in [6.45, 7) is 0. The van der Waals surface area contributed by atoms with Crippen LogP contribution in [0.1, 0.15) is 0 Å². The first kappa shape index (κ1) is 4.42. The van der Waals surface area contributed by atoms with E-state index >= 15 is 0 Å². The summed E-state index contributed by atoms with van der Waals surface area (Å²) in [4.78, 5) is 0. The van der Waals surface area contributed by atoms with Crippen molar-refractivity contribution in [3.63, 3.8) is 0 Å². The number of terminal acetylenes is 1. The highest BCUT2D eigenvalue weighted by atomic mass is 32.2. The lowest BCUT2D eigenvalue weighted by Crippen LogP contribution is -1.36. The Morgan fingerprint density at radius 1 is 1.29 bits per heavy atom. The van der Waals surface area contributed by atoms with E-state index in [2.05, 4.69) is 5.25 Å². The van der Waals surface area contributed by atoms with Gasteiger partial charge in [-0.05, 0) is 12.1 Å². The summed E-state index contributed by atoms with van der Waals surface area (Å²) < 4.78 is 0. The average molecular weight is 109 g/mol. The molecule has 0 fully saturated rings. The van der Waals surface area contributed by atoms with Crippen molar-refractivity contribution in [1.29, 1.82) is 0 Å². The van der Waals surface area contributed by atoms with Crippen LogP contribution in [0, 0.1) is 11.7 Å². The number of hydrogen-bond acceptors (Lipinski definition) is 0. The molecule has 1 heterocycles. The second-order valence-electron chi connectivity index (χ2n) is 1.15. The molecule has 0 N–H and O–H groups in total. The third-order valence-electron chi connectivity index (χ3n) is 0.698. The predicted molar refractivity (Wildman–Crippen MR) is 33.2 cm³/mol. The van der Waals surface area contributed by atoms with Crippen LogP contribution in [0.4, 0.5) is 0 Å². The van der Waals surface area contributed by atoms with Crippen molar-refractivity contribution in [1.82, 2.24) is 0 Å². The molecule has 0 unspecified atom stereocenters. The molecular formula is C6H5S+. The maximum Gasteiger partial charge on any atom is 0.177 e. The van der Waals surface area contributed by atoms with Gasteiger partial charge in [0.1, 0.15) is 0 Å². The van der Waals surface area contributed by atoms with Crippen LogP contribution >= 0.6 is 10.5 Å². The van der Waals surface area contributed by atoms with Crippen molar-refractivity contribution in [2.75, 3.05) is 0 Å². The molecule has 7 heavy (non-hydrogen) atoms. The average Bonchev–Trinajstić information content (AvgIpc) is 2.14. The topological polar surface area (TPSA) is 0 Å². The van der Waals surface area contributed by atoms with Crippen LogP contribution in [0.2, 0.25) is 0 Å². The van der Waals surface area contributed by atoms with Gasteiger partial charge >= 0.3 is 0 Å². The van der Waals surface area contributed by atoms with Gasteiger partial charge in [0.25, 0.3) is 0 Å². The fourth-order valence-corrected chi connectivity index (χ4v) is 1.15. The molecule has 0 aliphatic rings. The monoisotopic (exact) mass is 109 g/mol. The van der Waals surface area contributed by atoms with Crippen LogP contribution in [0.3, 0.4) is 0 Å². The smallest absolute Gasteiger partial charge is 0.0572 e. The molecule has 1 heteroatoms. The third-order valence-corrected chi connectivity index (χ3v) is 1.87. The normalized spacial score (nSPS) is 7.86. The first-order valence-electron chi connectivity index (χ1n) is 1.96. The van der Waals surface area contributed by atoms with Crippen molar-refractivity contribution < 1.29 is 0 Å². The standard InChI is InChI=1S/C6H5S/c1-2-7-5-3-4-6-7/h1,3-6H/q+1. The Kier molecular flexibility index (Phi) is 1.14. The molecule has 1 aromatic heterocycles. The Morgan fingerprint density at radius 2 is 1.86 bits per heavy atom. The largest absolute Gasteiger partial charge is 0.177 e. The Labute approximate surface area is 45.8 Å². The number of hydrogen-bond donors (Lipinski definition) is 0. The molecule has 0 aliphatic heterocycles. The van der Waals surface area contributed by atoms with Crippen LogP contribution in [-0.2, 0) is 0 Å². The van der Waals surface area contributed by atoms with Crippen molar-refractivity contribution >= 4 is 10.5 Å². The highest BCUT2D eigenvalue weighted by Crippen LogP contribution is 2.11. The van der Waals surface area contributed by atoms with Gasteiger partial charge in [0, 0.05) is 0 Å². The fraction of sp³-hybridized carbons (Fsp3) is 0. The van der Waals surface area contributed by atoms with Gasteiger partial charge in [0.15, 0.2) is 16.0 Å². The maximum absolute atomic E-state index is 5.09. The molecule has 34 valence electrons. The minimum absolute atomic E-state index is 0.0324. The van der Waals surface area contributed by atoms with Crippen LogP contribution < -0.4 is 0 Å². The second kappa shape index (κ2) is 1.81. The summed E-state index contributed by atoms with van der Waals surface area (Å²) >= 11 is 0. The molecule has 0 saturated heterocycles. The molecule has 0 atom stereocenters. The molecule has 0 nitrogen and oxygen atoms in total. The van der Waals surface area contributed by atoms with Gasteiger partial charge in [-0.2, -0.15) is 0 Å². The van der Waals surface area contributed by atoms with Gasteiger partial charge in [-0.15, -0.1) is 0 Å². The van der Waals surface area contributed by atoms with E-state index in [1.54, 1.807) is 0 Å². The summed E-state index contributed by atoms with van der Waals surface area (Å²) in [5.41, 5.74) is 0. The molecular weight excluding hydrogens is 104 g/mol. The van der Waals surface area contributed by atoms with Gasteiger partial charge in [-0.25, -0.2) is 0 Å². The quantitative estimate of drug-likeness (QED) is 0.352. The van der Waals surface area contributed by atoms with E-state index in [1.165, 1.54) is 0 Å². The van der Waals surface area contributed by atoms with Crippen molar-refractivity contribution in [3.8, 4) is 11.7 Å². The van der Waals surface area contributed by atoms with Crippen molar-refractivity contribution in [3.05, 3.63) is 22.9 Å². The van der Waals surface area contributed by atoms with Crippen molar-refractivity contribution in [2.24, 2.45) is 0 Å². The van der Waals surface area contributed by atoms with E-state index in [-0.39, 0.29) is 10.5 Å². The Bertz CT molecular complexity index is 167. The maximum atomic E-state index is 5.09. The third kappa shape index (κ3) is 0.819. The first-order chi connectivity index (χ1) is 3.43.